The molecule has 1 rings (SSSR count). The second-order valence-corrected chi connectivity index (χ2v) is 3.04. The molecule has 0 aliphatic rings. The molecule has 3 nitrogen and oxygen atoms in total. The molecule has 1 aromatic rings. The van der Waals surface area contributed by atoms with Crippen LogP contribution in [0.4, 0.5) is 0 Å². The van der Waals surface area contributed by atoms with Gasteiger partial charge in [0.25, 0.3) is 0 Å². The van der Waals surface area contributed by atoms with Gasteiger partial charge in [-0.05, 0) is 18.0 Å². The Bertz CT molecular complexity index is 270. The Balaban J connectivity index is 2.79. The Morgan fingerprint density at radius 2 is 2.50 bits per heavy atom. The molecular weight excluding hydrogens is 174 g/mol. The molecule has 0 amide bonds. The number of aromatic nitrogens is 1. The fourth-order valence-electron chi connectivity index (χ4n) is 0.920. The Morgan fingerprint density at radius 3 is 3.08 bits per heavy atom. The highest BCUT2D eigenvalue weighted by Crippen LogP contribution is 2.20. The van der Waals surface area contributed by atoms with Gasteiger partial charge in [-0.25, -0.2) is 0 Å². The van der Waals surface area contributed by atoms with Crippen LogP contribution in [0.25, 0.3) is 0 Å². The first-order valence-corrected chi connectivity index (χ1v) is 4.64. The molecule has 0 unspecified atom stereocenters. The third-order valence-corrected chi connectivity index (χ3v) is 2.12. The number of nitrogens with zero attached hydrogens (tertiary/aromatic N) is 1. The fraction of sp³-hybridized carbons (Fsp3) is 0.500. The lowest BCUT2D eigenvalue weighted by atomic mass is 10.1. The largest absolute Gasteiger partial charge is 0.480 e. The number of methoxy groups -OCH3 is 1. The molecule has 0 fully saturated rings. The van der Waals surface area contributed by atoms with Crippen molar-refractivity contribution in [2.24, 2.45) is 0 Å². The molecule has 0 aliphatic heterocycles. The third-order valence-electron chi connectivity index (χ3n) is 1.51. The van der Waals surface area contributed by atoms with Crippen LogP contribution in [0.2, 0.25) is 0 Å². The van der Waals surface area contributed by atoms with Crippen molar-refractivity contribution in [3.8, 4) is 5.88 Å². The highest BCUT2D eigenvalue weighted by Gasteiger charge is 2.13. The lowest BCUT2D eigenvalue weighted by Crippen LogP contribution is -1.99. The molecule has 1 aromatic heterocycles. The van der Waals surface area contributed by atoms with E-state index in [0.717, 1.165) is 6.42 Å². The molecule has 0 bridgehead atoms. The highest BCUT2D eigenvalue weighted by molar-refractivity contribution is 7.04. The number of carbonyl (C=O) groups is 1. The lowest BCUT2D eigenvalue weighted by Gasteiger charge is -1.97. The minimum atomic E-state index is 0.114. The maximum absolute atomic E-state index is 11.4. The zero-order chi connectivity index (χ0) is 8.97. The lowest BCUT2D eigenvalue weighted by molar-refractivity contribution is 0.0979. The van der Waals surface area contributed by atoms with E-state index in [2.05, 4.69) is 4.37 Å². The third kappa shape index (κ3) is 1.82. The number of Topliss-reactive ketones (excluding diaryl/α,β-unsaturated/α-hetero) is 1. The highest BCUT2D eigenvalue weighted by atomic mass is 32.1. The van der Waals surface area contributed by atoms with Crippen LogP contribution in [0.15, 0.2) is 5.38 Å². The number of ketones is 1. The van der Waals surface area contributed by atoms with Gasteiger partial charge in [-0.1, -0.05) is 6.92 Å². The van der Waals surface area contributed by atoms with E-state index in [9.17, 15) is 4.79 Å². The van der Waals surface area contributed by atoms with E-state index in [4.69, 9.17) is 4.74 Å². The summed E-state index contributed by atoms with van der Waals surface area (Å²) in [6.07, 6.45) is 1.42. The summed E-state index contributed by atoms with van der Waals surface area (Å²) in [7, 11) is 1.53. The van der Waals surface area contributed by atoms with Crippen LogP contribution in [-0.4, -0.2) is 17.3 Å². The molecule has 0 radical (unpaired) electrons. The van der Waals surface area contributed by atoms with Crippen LogP contribution in [-0.2, 0) is 0 Å². The van der Waals surface area contributed by atoms with E-state index in [0.29, 0.717) is 17.9 Å². The van der Waals surface area contributed by atoms with Crippen LogP contribution in [0, 0.1) is 0 Å². The predicted molar refractivity (Wildman–Crippen MR) is 47.9 cm³/mol. The standard InChI is InChI=1S/C8H11NO2S/c1-3-4-7(10)6-5-12-9-8(6)11-2/h5H,3-4H2,1-2H3. The maximum Gasteiger partial charge on any atom is 0.235 e. The van der Waals surface area contributed by atoms with Crippen molar-refractivity contribution >= 4 is 17.3 Å². The minimum absolute atomic E-state index is 0.114. The number of carbonyl (C=O) groups excluding carboxylic acids is 1. The topological polar surface area (TPSA) is 39.2 Å². The molecule has 4 heteroatoms. The van der Waals surface area contributed by atoms with Crippen molar-refractivity contribution in [1.29, 1.82) is 0 Å². The van der Waals surface area contributed by atoms with Crippen LogP contribution in [0.5, 0.6) is 5.88 Å². The first-order chi connectivity index (χ1) is 5.79. The van der Waals surface area contributed by atoms with Crippen LogP contribution in [0.1, 0.15) is 30.1 Å². The molecule has 0 aliphatic carbocycles. The molecule has 0 atom stereocenters. The van der Waals surface area contributed by atoms with Crippen molar-refractivity contribution in [1.82, 2.24) is 4.37 Å². The first-order valence-electron chi connectivity index (χ1n) is 3.81. The Morgan fingerprint density at radius 1 is 1.75 bits per heavy atom. The number of rotatable bonds is 4. The molecule has 0 aromatic carbocycles. The Hall–Kier alpha value is -0.900. The van der Waals surface area contributed by atoms with Crippen molar-refractivity contribution in [2.45, 2.75) is 19.8 Å². The zero-order valence-corrected chi connectivity index (χ0v) is 7.98. The summed E-state index contributed by atoms with van der Waals surface area (Å²) in [4.78, 5) is 11.4. The van der Waals surface area contributed by atoms with Crippen molar-refractivity contribution in [3.63, 3.8) is 0 Å². The van der Waals surface area contributed by atoms with Crippen molar-refractivity contribution in [3.05, 3.63) is 10.9 Å². The van der Waals surface area contributed by atoms with E-state index in [1.165, 1.54) is 18.6 Å². The van der Waals surface area contributed by atoms with Gasteiger partial charge in [0.05, 0.1) is 12.7 Å². The molecule has 0 saturated carbocycles. The second-order valence-electron chi connectivity index (χ2n) is 2.41. The van der Waals surface area contributed by atoms with Gasteiger partial charge in [-0.15, -0.1) is 0 Å². The summed E-state index contributed by atoms with van der Waals surface area (Å²) in [6.45, 7) is 1.98. The summed E-state index contributed by atoms with van der Waals surface area (Å²) < 4.78 is 8.87. The van der Waals surface area contributed by atoms with E-state index < -0.39 is 0 Å². The van der Waals surface area contributed by atoms with Crippen LogP contribution in [0.3, 0.4) is 0 Å². The summed E-state index contributed by atoms with van der Waals surface area (Å²) >= 11 is 1.25. The van der Waals surface area contributed by atoms with Crippen molar-refractivity contribution < 1.29 is 9.53 Å². The smallest absolute Gasteiger partial charge is 0.235 e. The average molecular weight is 185 g/mol. The van der Waals surface area contributed by atoms with Gasteiger partial charge in [0.15, 0.2) is 5.78 Å². The van der Waals surface area contributed by atoms with Crippen LogP contribution >= 0.6 is 11.5 Å². The minimum Gasteiger partial charge on any atom is -0.480 e. The summed E-state index contributed by atoms with van der Waals surface area (Å²) in [5.74, 6) is 0.571. The predicted octanol–water partition coefficient (Wildman–Crippen LogP) is 2.13. The monoisotopic (exact) mass is 185 g/mol. The maximum atomic E-state index is 11.4. The van der Waals surface area contributed by atoms with Crippen molar-refractivity contribution in [2.75, 3.05) is 7.11 Å². The molecular formula is C8H11NO2S. The SMILES string of the molecule is CCCC(=O)c1csnc1OC. The Labute approximate surface area is 75.5 Å². The zero-order valence-electron chi connectivity index (χ0n) is 7.16. The molecule has 0 N–H and O–H groups in total. The van der Waals surface area contributed by atoms with Gasteiger partial charge in [0, 0.05) is 11.8 Å². The van der Waals surface area contributed by atoms with Crippen LogP contribution < -0.4 is 4.74 Å². The van der Waals surface area contributed by atoms with Gasteiger partial charge >= 0.3 is 0 Å². The van der Waals surface area contributed by atoms with E-state index >= 15 is 0 Å². The normalized spacial score (nSPS) is 9.83. The number of hydrogen-bond acceptors (Lipinski definition) is 4. The first kappa shape index (κ1) is 9.19. The quantitative estimate of drug-likeness (QED) is 0.674. The summed E-state index contributed by atoms with van der Waals surface area (Å²) in [6, 6.07) is 0. The van der Waals surface area contributed by atoms with E-state index in [-0.39, 0.29) is 5.78 Å². The van der Waals surface area contributed by atoms with Gasteiger partial charge < -0.3 is 4.74 Å². The molecule has 0 spiro atoms. The Kier molecular flexibility index (Phi) is 3.22. The fourth-order valence-corrected chi connectivity index (χ4v) is 1.58. The number of ether oxygens (including phenoxy) is 1. The van der Waals surface area contributed by atoms with Gasteiger partial charge in [0.1, 0.15) is 0 Å². The second kappa shape index (κ2) is 4.21. The molecule has 1 heterocycles. The number of hydrogen-bond donors (Lipinski definition) is 0. The summed E-state index contributed by atoms with van der Waals surface area (Å²) in [5, 5.41) is 1.73. The summed E-state index contributed by atoms with van der Waals surface area (Å²) in [5.41, 5.74) is 0.615. The molecule has 12 heavy (non-hydrogen) atoms. The van der Waals surface area contributed by atoms with Gasteiger partial charge in [0.2, 0.25) is 5.88 Å². The van der Waals surface area contributed by atoms with Gasteiger partial charge in [-0.3, -0.25) is 4.79 Å². The van der Waals surface area contributed by atoms with E-state index in [1.807, 2.05) is 6.92 Å². The van der Waals surface area contributed by atoms with E-state index in [1.54, 1.807) is 5.38 Å². The molecule has 0 saturated heterocycles. The average Bonchev–Trinajstić information content (AvgIpc) is 2.51. The molecule has 66 valence electrons. The van der Waals surface area contributed by atoms with Gasteiger partial charge in [-0.2, -0.15) is 4.37 Å².